The van der Waals surface area contributed by atoms with E-state index in [4.69, 9.17) is 25.8 Å². The predicted octanol–water partition coefficient (Wildman–Crippen LogP) is 0.884. The summed E-state index contributed by atoms with van der Waals surface area (Å²) in [5.74, 6) is -0.733. The molecule has 0 aliphatic carbocycles. The Bertz CT molecular complexity index is 1070. The molecule has 0 spiro atoms. The third kappa shape index (κ3) is 6.32. The second-order valence-electron chi connectivity index (χ2n) is 8.19. The summed E-state index contributed by atoms with van der Waals surface area (Å²) in [7, 11) is -2.46. The fraction of sp³-hybridized carbons (Fsp3) is 0.571. The molecule has 0 saturated carbocycles. The van der Waals surface area contributed by atoms with Crippen molar-refractivity contribution in [3.05, 3.63) is 46.7 Å². The van der Waals surface area contributed by atoms with E-state index in [2.05, 4.69) is 10.3 Å². The number of sulfonamides is 1. The van der Waals surface area contributed by atoms with E-state index in [9.17, 15) is 13.2 Å². The number of benzene rings is 1. The fourth-order valence-corrected chi connectivity index (χ4v) is 5.73. The zero-order chi connectivity index (χ0) is 24.1. The Hall–Kier alpha value is -2.09. The van der Waals surface area contributed by atoms with Crippen molar-refractivity contribution < 1.29 is 27.4 Å². The van der Waals surface area contributed by atoms with Crippen LogP contribution >= 0.6 is 11.6 Å². The largest absolute Gasteiger partial charge is 0.468 e. The number of nitrogens with zero attached hydrogens (tertiary/aromatic N) is 5. The molecule has 0 amide bonds. The SMILES string of the molecule is COC(=O)C1CN(Cc2cn(CCC3OCCO3)nn2)CCS(=O)(=O)N1Cc1ccc(Cl)cc1. The number of carbonyl (C=O) groups is 1. The van der Waals surface area contributed by atoms with Gasteiger partial charge in [-0.3, -0.25) is 14.4 Å². The van der Waals surface area contributed by atoms with Gasteiger partial charge < -0.3 is 14.2 Å². The van der Waals surface area contributed by atoms with Crippen molar-refractivity contribution in [1.82, 2.24) is 24.2 Å². The van der Waals surface area contributed by atoms with Crippen molar-refractivity contribution in [3.8, 4) is 0 Å². The normalized spacial score (nSPS) is 22.0. The molecular formula is C21H28ClN5O6S. The van der Waals surface area contributed by atoms with Gasteiger partial charge in [0.1, 0.15) is 6.04 Å². The molecule has 1 unspecified atom stereocenters. The number of esters is 1. The minimum atomic E-state index is -3.72. The number of rotatable bonds is 8. The molecule has 2 saturated heterocycles. The third-order valence-electron chi connectivity index (χ3n) is 5.78. The lowest BCUT2D eigenvalue weighted by atomic mass is 10.2. The van der Waals surface area contributed by atoms with Gasteiger partial charge in [0, 0.05) is 50.4 Å². The standard InChI is InChI=1S/C21H28ClN5O6S/c1-31-21(28)19-15-25(13-18-14-26(24-23-18)7-6-20-32-9-10-33-20)8-11-34(29,30)27(19)12-16-2-4-17(22)5-3-16/h2-5,14,19-20H,6-13,15H2,1H3. The lowest BCUT2D eigenvalue weighted by molar-refractivity contribution is -0.145. The Balaban J connectivity index is 1.45. The topological polar surface area (TPSA) is 116 Å². The summed E-state index contributed by atoms with van der Waals surface area (Å²) >= 11 is 5.95. The number of ether oxygens (including phenoxy) is 3. The number of halogens is 1. The number of hydrogen-bond acceptors (Lipinski definition) is 9. The molecule has 186 valence electrons. The van der Waals surface area contributed by atoms with Crippen LogP contribution in [0.15, 0.2) is 30.5 Å². The zero-order valence-corrected chi connectivity index (χ0v) is 20.4. The van der Waals surface area contributed by atoms with Gasteiger partial charge in [-0.25, -0.2) is 8.42 Å². The molecule has 13 heteroatoms. The first-order valence-corrected chi connectivity index (χ1v) is 13.0. The Morgan fingerprint density at radius 3 is 2.65 bits per heavy atom. The summed E-state index contributed by atoms with van der Waals surface area (Å²) in [6.07, 6.45) is 2.25. The molecule has 11 nitrogen and oxygen atoms in total. The number of aryl methyl sites for hydroxylation is 1. The molecule has 2 aromatic rings. The van der Waals surface area contributed by atoms with Crippen molar-refractivity contribution >= 4 is 27.6 Å². The van der Waals surface area contributed by atoms with Crippen LogP contribution in [0.3, 0.4) is 0 Å². The highest BCUT2D eigenvalue weighted by Gasteiger charge is 2.40. The Morgan fingerprint density at radius 2 is 1.94 bits per heavy atom. The van der Waals surface area contributed by atoms with E-state index in [1.807, 2.05) is 11.1 Å². The number of hydrogen-bond donors (Lipinski definition) is 0. The van der Waals surface area contributed by atoms with Gasteiger partial charge in [0.25, 0.3) is 0 Å². The van der Waals surface area contributed by atoms with Crippen molar-refractivity contribution in [3.63, 3.8) is 0 Å². The molecule has 2 fully saturated rings. The molecule has 3 heterocycles. The number of aromatic nitrogens is 3. The highest BCUT2D eigenvalue weighted by molar-refractivity contribution is 7.89. The molecular weight excluding hydrogens is 486 g/mol. The predicted molar refractivity (Wildman–Crippen MR) is 122 cm³/mol. The van der Waals surface area contributed by atoms with E-state index in [-0.39, 0.29) is 31.7 Å². The summed E-state index contributed by atoms with van der Waals surface area (Å²) in [6.45, 7) is 2.62. The minimum Gasteiger partial charge on any atom is -0.468 e. The lowest BCUT2D eigenvalue weighted by Gasteiger charge is -2.28. The maximum Gasteiger partial charge on any atom is 0.325 e. The van der Waals surface area contributed by atoms with Crippen molar-refractivity contribution in [2.24, 2.45) is 0 Å². The third-order valence-corrected chi connectivity index (χ3v) is 7.83. The van der Waals surface area contributed by atoms with Gasteiger partial charge in [-0.1, -0.05) is 28.9 Å². The molecule has 2 aliphatic rings. The minimum absolute atomic E-state index is 0.0502. The molecule has 0 bridgehead atoms. The van der Waals surface area contributed by atoms with Crippen LogP contribution in [0.1, 0.15) is 17.7 Å². The van der Waals surface area contributed by atoms with Crippen LogP contribution in [0.2, 0.25) is 5.02 Å². The van der Waals surface area contributed by atoms with E-state index < -0.39 is 22.0 Å². The summed E-state index contributed by atoms with van der Waals surface area (Å²) < 4.78 is 45.0. The van der Waals surface area contributed by atoms with Crippen LogP contribution in [0.25, 0.3) is 0 Å². The maximum atomic E-state index is 13.1. The maximum absolute atomic E-state index is 13.1. The van der Waals surface area contributed by atoms with Crippen LogP contribution in [-0.2, 0) is 48.7 Å². The van der Waals surface area contributed by atoms with Crippen LogP contribution < -0.4 is 0 Å². The molecule has 0 radical (unpaired) electrons. The van der Waals surface area contributed by atoms with Crippen molar-refractivity contribution in [2.75, 3.05) is 39.2 Å². The van der Waals surface area contributed by atoms with Gasteiger partial charge >= 0.3 is 5.97 Å². The summed E-state index contributed by atoms with van der Waals surface area (Å²) in [5, 5.41) is 8.90. The molecule has 1 aromatic heterocycles. The van der Waals surface area contributed by atoms with E-state index in [1.165, 1.54) is 11.4 Å². The van der Waals surface area contributed by atoms with Crippen LogP contribution in [0.5, 0.6) is 0 Å². The van der Waals surface area contributed by atoms with Gasteiger partial charge in [0.15, 0.2) is 6.29 Å². The summed E-state index contributed by atoms with van der Waals surface area (Å²) in [6, 6.07) is 5.88. The van der Waals surface area contributed by atoms with Gasteiger partial charge in [-0.05, 0) is 17.7 Å². The highest BCUT2D eigenvalue weighted by Crippen LogP contribution is 2.22. The van der Waals surface area contributed by atoms with Gasteiger partial charge in [0.2, 0.25) is 10.0 Å². The quantitative estimate of drug-likeness (QED) is 0.474. The first kappa shape index (κ1) is 25.0. The molecule has 1 atom stereocenters. The average Bonchev–Trinajstić information content (AvgIpc) is 3.48. The van der Waals surface area contributed by atoms with Crippen molar-refractivity contribution in [2.45, 2.75) is 38.4 Å². The second-order valence-corrected chi connectivity index (χ2v) is 10.7. The first-order valence-electron chi connectivity index (χ1n) is 11.0. The van der Waals surface area contributed by atoms with Crippen LogP contribution in [-0.4, -0.2) is 90.1 Å². The molecule has 1 aromatic carbocycles. The smallest absolute Gasteiger partial charge is 0.325 e. The lowest BCUT2D eigenvalue weighted by Crippen LogP contribution is -2.48. The Labute approximate surface area is 203 Å². The Morgan fingerprint density at radius 1 is 1.21 bits per heavy atom. The van der Waals surface area contributed by atoms with Gasteiger partial charge in [-0.15, -0.1) is 5.10 Å². The average molecular weight is 514 g/mol. The van der Waals surface area contributed by atoms with Gasteiger partial charge in [-0.2, -0.15) is 4.31 Å². The Kier molecular flexibility index (Phi) is 8.17. The second kappa shape index (κ2) is 11.1. The van der Waals surface area contributed by atoms with E-state index >= 15 is 0 Å². The summed E-state index contributed by atoms with van der Waals surface area (Å²) in [4.78, 5) is 14.5. The van der Waals surface area contributed by atoms with Crippen LogP contribution in [0.4, 0.5) is 0 Å². The van der Waals surface area contributed by atoms with E-state index in [0.29, 0.717) is 43.4 Å². The van der Waals surface area contributed by atoms with Crippen LogP contribution in [0, 0.1) is 0 Å². The monoisotopic (exact) mass is 513 g/mol. The van der Waals surface area contributed by atoms with E-state index in [1.54, 1.807) is 28.9 Å². The summed E-state index contributed by atoms with van der Waals surface area (Å²) in [5.41, 5.74) is 1.41. The molecule has 34 heavy (non-hydrogen) atoms. The van der Waals surface area contributed by atoms with E-state index in [0.717, 1.165) is 5.56 Å². The van der Waals surface area contributed by atoms with Gasteiger partial charge in [0.05, 0.1) is 31.8 Å². The van der Waals surface area contributed by atoms with Crippen molar-refractivity contribution in [1.29, 1.82) is 0 Å². The molecule has 2 aliphatic heterocycles. The number of carbonyl (C=O) groups excluding carboxylic acids is 1. The number of methoxy groups -OCH3 is 1. The molecule has 0 N–H and O–H groups in total. The zero-order valence-electron chi connectivity index (χ0n) is 18.9. The first-order chi connectivity index (χ1) is 16.3. The fourth-order valence-electron chi connectivity index (χ4n) is 3.99. The molecule has 4 rings (SSSR count). The highest BCUT2D eigenvalue weighted by atomic mass is 35.5.